The van der Waals surface area contributed by atoms with E-state index in [2.05, 4.69) is 34.8 Å². The number of amides is 1. The molecule has 1 aromatic rings. The normalized spacial score (nSPS) is 16.5. The summed E-state index contributed by atoms with van der Waals surface area (Å²) in [7, 11) is 1.59. The molecule has 1 N–H and O–H groups in total. The van der Waals surface area contributed by atoms with Crippen LogP contribution in [0.2, 0.25) is 0 Å². The number of nitrogens with one attached hydrogen (secondary N) is 1. The monoisotopic (exact) mass is 447 g/mol. The number of benzene rings is 1. The Balaban J connectivity index is 2.14. The van der Waals surface area contributed by atoms with Gasteiger partial charge in [0.1, 0.15) is 19.0 Å². The Morgan fingerprint density at radius 3 is 2.75 bits per heavy atom. The third-order valence-electron chi connectivity index (χ3n) is 3.91. The topological polar surface area (TPSA) is 56.8 Å². The molecule has 1 aromatic carbocycles. The fraction of sp³-hybridized carbons (Fsp3) is 0.611. The van der Waals surface area contributed by atoms with Crippen molar-refractivity contribution in [3.63, 3.8) is 0 Å². The highest BCUT2D eigenvalue weighted by Gasteiger charge is 2.31. The molecule has 1 fully saturated rings. The van der Waals surface area contributed by atoms with Gasteiger partial charge in [0.2, 0.25) is 0 Å². The molecule has 6 heteroatoms. The van der Waals surface area contributed by atoms with Crippen LogP contribution in [0.3, 0.4) is 0 Å². The number of halogens is 1. The first kappa shape index (κ1) is 19.5. The quantitative estimate of drug-likeness (QED) is 0.427. The Kier molecular flexibility index (Phi) is 8.28. The Morgan fingerprint density at radius 2 is 2.12 bits per heavy atom. The highest BCUT2D eigenvalue weighted by molar-refractivity contribution is 14.1. The number of ether oxygens (including phenoxy) is 3. The minimum Gasteiger partial charge on any atom is -0.443 e. The molecular formula is C18H26INO4. The zero-order chi connectivity index (χ0) is 17.4. The molecular weight excluding hydrogens is 421 g/mol. The van der Waals surface area contributed by atoms with Crippen LogP contribution >= 0.6 is 22.6 Å². The van der Waals surface area contributed by atoms with Gasteiger partial charge in [-0.25, -0.2) is 4.79 Å². The molecule has 1 aliphatic rings. The lowest BCUT2D eigenvalue weighted by atomic mass is 10.00. The summed E-state index contributed by atoms with van der Waals surface area (Å²) in [6.45, 7) is 2.28. The Bertz CT molecular complexity index is 521. The zero-order valence-electron chi connectivity index (χ0n) is 14.3. The van der Waals surface area contributed by atoms with Crippen molar-refractivity contribution in [1.29, 1.82) is 0 Å². The van der Waals surface area contributed by atoms with Gasteiger partial charge < -0.3 is 19.5 Å². The molecule has 1 saturated carbocycles. The van der Waals surface area contributed by atoms with E-state index in [0.717, 1.165) is 41.2 Å². The van der Waals surface area contributed by atoms with Crippen LogP contribution in [0, 0.1) is 3.57 Å². The van der Waals surface area contributed by atoms with Gasteiger partial charge in [-0.3, -0.25) is 0 Å². The molecule has 0 spiro atoms. The molecule has 2 rings (SSSR count). The number of methoxy groups -OCH3 is 1. The SMILES string of the molecule is CCCC[C@H](OC(=O)NC1CC1)[C@@H](OCOC)c1ccccc1I. The van der Waals surface area contributed by atoms with Crippen LogP contribution in [-0.2, 0) is 14.2 Å². The molecule has 0 radical (unpaired) electrons. The summed E-state index contributed by atoms with van der Waals surface area (Å²) < 4.78 is 17.8. The molecule has 2 atom stereocenters. The van der Waals surface area contributed by atoms with Crippen molar-refractivity contribution < 1.29 is 19.0 Å². The number of rotatable bonds is 10. The molecule has 1 amide bonds. The van der Waals surface area contributed by atoms with Crippen molar-refractivity contribution in [2.45, 2.75) is 57.3 Å². The molecule has 0 saturated heterocycles. The van der Waals surface area contributed by atoms with Gasteiger partial charge in [-0.15, -0.1) is 0 Å². The molecule has 134 valence electrons. The van der Waals surface area contributed by atoms with E-state index in [4.69, 9.17) is 14.2 Å². The first-order valence-corrected chi connectivity index (χ1v) is 9.55. The third-order valence-corrected chi connectivity index (χ3v) is 4.90. The van der Waals surface area contributed by atoms with Crippen LogP contribution in [-0.4, -0.2) is 32.1 Å². The van der Waals surface area contributed by atoms with Gasteiger partial charge in [-0.2, -0.15) is 0 Å². The number of alkyl carbamates (subject to hydrolysis) is 1. The molecule has 0 aliphatic heterocycles. The molecule has 0 aromatic heterocycles. The highest BCUT2D eigenvalue weighted by atomic mass is 127. The van der Waals surface area contributed by atoms with Crippen LogP contribution in [0.4, 0.5) is 4.79 Å². The average Bonchev–Trinajstić information content (AvgIpc) is 3.37. The molecule has 24 heavy (non-hydrogen) atoms. The van der Waals surface area contributed by atoms with Crippen molar-refractivity contribution in [3.8, 4) is 0 Å². The van der Waals surface area contributed by atoms with Gasteiger partial charge in [0.05, 0.1) is 0 Å². The van der Waals surface area contributed by atoms with E-state index in [-0.39, 0.29) is 31.1 Å². The summed E-state index contributed by atoms with van der Waals surface area (Å²) in [5.74, 6) is 0. The van der Waals surface area contributed by atoms with Crippen molar-refractivity contribution in [2.24, 2.45) is 0 Å². The van der Waals surface area contributed by atoms with Gasteiger partial charge in [0, 0.05) is 16.7 Å². The van der Waals surface area contributed by atoms with Crippen molar-refractivity contribution in [2.75, 3.05) is 13.9 Å². The lowest BCUT2D eigenvalue weighted by Crippen LogP contribution is -2.34. The molecule has 1 aliphatic carbocycles. The van der Waals surface area contributed by atoms with Gasteiger partial charge in [-0.1, -0.05) is 31.5 Å². The lowest BCUT2D eigenvalue weighted by Gasteiger charge is -2.28. The number of carbonyl (C=O) groups is 1. The fourth-order valence-corrected chi connectivity index (χ4v) is 3.18. The number of hydrogen-bond acceptors (Lipinski definition) is 4. The molecule has 0 bridgehead atoms. The fourth-order valence-electron chi connectivity index (χ4n) is 2.49. The zero-order valence-corrected chi connectivity index (χ0v) is 16.5. The van der Waals surface area contributed by atoms with Gasteiger partial charge >= 0.3 is 6.09 Å². The molecule has 0 unspecified atom stereocenters. The van der Waals surface area contributed by atoms with E-state index in [1.165, 1.54) is 0 Å². The summed E-state index contributed by atoms with van der Waals surface area (Å²) >= 11 is 2.29. The maximum absolute atomic E-state index is 12.1. The van der Waals surface area contributed by atoms with Gasteiger partial charge in [0.15, 0.2) is 0 Å². The van der Waals surface area contributed by atoms with Crippen molar-refractivity contribution in [3.05, 3.63) is 33.4 Å². The molecule has 0 heterocycles. The van der Waals surface area contributed by atoms with Crippen LogP contribution in [0.15, 0.2) is 24.3 Å². The number of hydrogen-bond donors (Lipinski definition) is 1. The number of unbranched alkanes of at least 4 members (excludes halogenated alkanes) is 1. The maximum atomic E-state index is 12.1. The largest absolute Gasteiger partial charge is 0.443 e. The summed E-state index contributed by atoms with van der Waals surface area (Å²) in [6.07, 6.45) is 3.81. The Morgan fingerprint density at radius 1 is 1.38 bits per heavy atom. The van der Waals surface area contributed by atoms with Crippen molar-refractivity contribution >= 4 is 28.7 Å². The predicted molar refractivity (Wildman–Crippen MR) is 101 cm³/mol. The Labute approximate surface area is 157 Å². The van der Waals surface area contributed by atoms with Gasteiger partial charge in [-0.05, 0) is 59.9 Å². The van der Waals surface area contributed by atoms with E-state index in [1.807, 2.05) is 24.3 Å². The van der Waals surface area contributed by atoms with Crippen LogP contribution < -0.4 is 5.32 Å². The van der Waals surface area contributed by atoms with Crippen LogP contribution in [0.25, 0.3) is 0 Å². The minimum absolute atomic E-state index is 0.159. The minimum atomic E-state index is -0.351. The van der Waals surface area contributed by atoms with E-state index in [9.17, 15) is 4.79 Å². The van der Waals surface area contributed by atoms with E-state index in [1.54, 1.807) is 7.11 Å². The van der Waals surface area contributed by atoms with E-state index < -0.39 is 0 Å². The van der Waals surface area contributed by atoms with Crippen molar-refractivity contribution in [1.82, 2.24) is 5.32 Å². The maximum Gasteiger partial charge on any atom is 0.407 e. The smallest absolute Gasteiger partial charge is 0.407 e. The summed E-state index contributed by atoms with van der Waals surface area (Å²) in [4.78, 5) is 12.1. The lowest BCUT2D eigenvalue weighted by molar-refractivity contribution is -0.118. The van der Waals surface area contributed by atoms with Gasteiger partial charge in [0.25, 0.3) is 0 Å². The second kappa shape index (κ2) is 10.2. The highest BCUT2D eigenvalue weighted by Crippen LogP contribution is 2.31. The summed E-state index contributed by atoms with van der Waals surface area (Å²) in [5.41, 5.74) is 1.02. The predicted octanol–water partition coefficient (Wildman–Crippen LogP) is 4.40. The van der Waals surface area contributed by atoms with E-state index >= 15 is 0 Å². The van der Waals surface area contributed by atoms with Crippen LogP contribution in [0.5, 0.6) is 0 Å². The first-order chi connectivity index (χ1) is 11.7. The second-order valence-electron chi connectivity index (χ2n) is 6.02. The summed E-state index contributed by atoms with van der Waals surface area (Å²) in [5, 5.41) is 2.89. The molecule has 5 nitrogen and oxygen atoms in total. The summed E-state index contributed by atoms with van der Waals surface area (Å²) in [6, 6.07) is 8.28. The first-order valence-electron chi connectivity index (χ1n) is 8.47. The standard InChI is InChI=1S/C18H26INO4/c1-3-4-9-16(24-18(21)20-13-10-11-13)17(23-12-22-2)14-7-5-6-8-15(14)19/h5-8,13,16-17H,3-4,9-12H2,1-2H3,(H,20,21)/t16-,17-/m0/s1. The Hall–Kier alpha value is -0.860. The number of carbonyl (C=O) groups excluding carboxylic acids is 1. The second-order valence-corrected chi connectivity index (χ2v) is 7.18. The third kappa shape index (κ3) is 6.22. The average molecular weight is 447 g/mol. The van der Waals surface area contributed by atoms with Crippen LogP contribution in [0.1, 0.15) is 50.7 Å². The van der Waals surface area contributed by atoms with E-state index in [0.29, 0.717) is 0 Å².